The lowest BCUT2D eigenvalue weighted by molar-refractivity contribution is -0.326. The third-order valence-corrected chi connectivity index (χ3v) is 6.10. The predicted molar refractivity (Wildman–Crippen MR) is 131 cm³/mol. The molecule has 9 atom stereocenters. The highest BCUT2D eigenvalue weighted by molar-refractivity contribution is 5.75. The number of nitrogens with one attached hydrogen (secondary N) is 2. The minimum atomic E-state index is -1.93. The molecule has 14 nitrogen and oxygen atoms in total. The van der Waals surface area contributed by atoms with Gasteiger partial charge in [-0.15, -0.1) is 0 Å². The Morgan fingerprint density at radius 2 is 1.59 bits per heavy atom. The van der Waals surface area contributed by atoms with Gasteiger partial charge < -0.3 is 55.6 Å². The van der Waals surface area contributed by atoms with E-state index in [9.17, 15) is 45.6 Å². The van der Waals surface area contributed by atoms with E-state index in [0.717, 1.165) is 25.5 Å². The molecule has 0 aromatic rings. The molecule has 2 amide bonds. The smallest absolute Gasteiger partial charge is 0.335 e. The van der Waals surface area contributed by atoms with Gasteiger partial charge in [0.25, 0.3) is 0 Å². The Morgan fingerprint density at radius 3 is 2.19 bits per heavy atom. The van der Waals surface area contributed by atoms with Gasteiger partial charge in [-0.2, -0.15) is 5.10 Å². The van der Waals surface area contributed by atoms with Gasteiger partial charge in [-0.1, -0.05) is 51.9 Å². The minimum Gasteiger partial charge on any atom is -0.394 e. The van der Waals surface area contributed by atoms with E-state index in [0.29, 0.717) is 6.54 Å². The first kappa shape index (κ1) is 33.6. The van der Waals surface area contributed by atoms with E-state index in [2.05, 4.69) is 22.8 Å². The van der Waals surface area contributed by atoms with Gasteiger partial charge in [-0.3, -0.25) is 0 Å². The molecule has 1 aliphatic heterocycles. The predicted octanol–water partition coefficient (Wildman–Crippen LogP) is -2.33. The average molecular weight is 540 g/mol. The average Bonchev–Trinajstić information content (AvgIpc) is 2.89. The molecule has 0 radical (unpaired) electrons. The Morgan fingerprint density at radius 1 is 0.973 bits per heavy atom. The van der Waals surface area contributed by atoms with E-state index in [1.54, 1.807) is 0 Å². The fourth-order valence-electron chi connectivity index (χ4n) is 3.79. The Labute approximate surface area is 216 Å². The molecule has 0 spiro atoms. The lowest BCUT2D eigenvalue weighted by atomic mass is 9.98. The summed E-state index contributed by atoms with van der Waals surface area (Å²) in [6.45, 7) is 0.967. The van der Waals surface area contributed by atoms with Crippen molar-refractivity contribution in [2.24, 2.45) is 5.10 Å². The zero-order chi connectivity index (χ0) is 27.8. The molecular weight excluding hydrogens is 494 g/mol. The molecule has 218 valence electrons. The number of urea groups is 1. The van der Waals surface area contributed by atoms with Gasteiger partial charge in [0, 0.05) is 6.54 Å². The standard InChI is InChI=1S/C23H45N3O11/c1-2-3-4-5-6-7-8-9-10-24-23(35)26-25-11-14(29)17(31)21(15(30)12-27)37-22-20(34)19(33)18(32)16(13-28)36-22/h11,14-22,27-34H,2-10,12-13H2,1H3,(H2,24,26,35)/b25-11+/t14-,15+,16+,17+,18+,19-,20+,21+,22+/m0/s1. The number of ether oxygens (including phenoxy) is 2. The maximum absolute atomic E-state index is 11.8. The van der Waals surface area contributed by atoms with Crippen LogP contribution in [0.5, 0.6) is 0 Å². The first-order valence-electron chi connectivity index (χ1n) is 12.9. The van der Waals surface area contributed by atoms with E-state index in [1.807, 2.05) is 0 Å². The first-order valence-corrected chi connectivity index (χ1v) is 12.9. The summed E-state index contributed by atoms with van der Waals surface area (Å²) in [6, 6.07) is -0.620. The number of aliphatic hydroxyl groups is 8. The second-order valence-corrected chi connectivity index (χ2v) is 9.15. The van der Waals surface area contributed by atoms with Crippen molar-refractivity contribution in [1.82, 2.24) is 10.7 Å². The van der Waals surface area contributed by atoms with Crippen LogP contribution in [0.3, 0.4) is 0 Å². The quantitative estimate of drug-likeness (QED) is 0.0504. The number of hydrogen-bond donors (Lipinski definition) is 10. The fourth-order valence-corrected chi connectivity index (χ4v) is 3.79. The topological polar surface area (TPSA) is 234 Å². The van der Waals surface area contributed by atoms with Crippen molar-refractivity contribution in [3.8, 4) is 0 Å². The Balaban J connectivity index is 2.50. The summed E-state index contributed by atoms with van der Waals surface area (Å²) < 4.78 is 10.5. The summed E-state index contributed by atoms with van der Waals surface area (Å²) in [7, 11) is 0. The van der Waals surface area contributed by atoms with Crippen molar-refractivity contribution in [3.63, 3.8) is 0 Å². The van der Waals surface area contributed by atoms with Gasteiger partial charge in [-0.05, 0) is 6.42 Å². The zero-order valence-electron chi connectivity index (χ0n) is 21.3. The maximum Gasteiger partial charge on any atom is 0.335 e. The summed E-state index contributed by atoms with van der Waals surface area (Å²) in [5.41, 5.74) is 2.13. The van der Waals surface area contributed by atoms with Crippen LogP contribution >= 0.6 is 0 Å². The highest BCUT2D eigenvalue weighted by atomic mass is 16.7. The number of amides is 2. The second-order valence-electron chi connectivity index (χ2n) is 9.15. The third kappa shape index (κ3) is 11.9. The zero-order valence-corrected chi connectivity index (χ0v) is 21.3. The van der Waals surface area contributed by atoms with Gasteiger partial charge in [0.1, 0.15) is 48.8 Å². The van der Waals surface area contributed by atoms with Crippen LogP contribution in [0.25, 0.3) is 0 Å². The van der Waals surface area contributed by atoms with Gasteiger partial charge in [0.15, 0.2) is 6.29 Å². The maximum atomic E-state index is 11.8. The molecule has 0 bridgehead atoms. The number of aliphatic hydroxyl groups excluding tert-OH is 8. The largest absolute Gasteiger partial charge is 0.394 e. The summed E-state index contributed by atoms with van der Waals surface area (Å²) in [4.78, 5) is 11.8. The van der Waals surface area contributed by atoms with Crippen molar-refractivity contribution < 1.29 is 55.1 Å². The molecule has 1 fully saturated rings. The van der Waals surface area contributed by atoms with Crippen molar-refractivity contribution in [3.05, 3.63) is 0 Å². The minimum absolute atomic E-state index is 0.444. The van der Waals surface area contributed by atoms with Gasteiger partial charge in [-0.25, -0.2) is 10.2 Å². The van der Waals surface area contributed by atoms with Crippen LogP contribution in [0.2, 0.25) is 0 Å². The van der Waals surface area contributed by atoms with Gasteiger partial charge in [0.2, 0.25) is 0 Å². The molecule has 14 heteroatoms. The lowest BCUT2D eigenvalue weighted by Gasteiger charge is -2.42. The van der Waals surface area contributed by atoms with Crippen LogP contribution in [-0.4, -0.2) is 128 Å². The number of hydrogen-bond acceptors (Lipinski definition) is 12. The van der Waals surface area contributed by atoms with E-state index >= 15 is 0 Å². The van der Waals surface area contributed by atoms with E-state index in [4.69, 9.17) is 9.47 Å². The first-order chi connectivity index (χ1) is 17.7. The number of rotatable bonds is 18. The third-order valence-electron chi connectivity index (χ3n) is 6.10. The van der Waals surface area contributed by atoms with Crippen LogP contribution in [0.4, 0.5) is 4.79 Å². The molecule has 0 aromatic heterocycles. The van der Waals surface area contributed by atoms with Gasteiger partial charge in [0.05, 0.1) is 19.4 Å². The van der Waals surface area contributed by atoms with Crippen LogP contribution < -0.4 is 10.7 Å². The molecule has 37 heavy (non-hydrogen) atoms. The number of hydrazone groups is 1. The number of carbonyl (C=O) groups is 1. The van der Waals surface area contributed by atoms with Crippen molar-refractivity contribution in [1.29, 1.82) is 0 Å². The summed E-state index contributed by atoms with van der Waals surface area (Å²) in [6.07, 6.45) is -5.82. The molecule has 1 heterocycles. The Hall–Kier alpha value is -1.46. The molecule has 0 unspecified atom stereocenters. The number of carbonyl (C=O) groups excluding carboxylic acids is 1. The van der Waals surface area contributed by atoms with Gasteiger partial charge >= 0.3 is 6.03 Å². The lowest BCUT2D eigenvalue weighted by Crippen LogP contribution is -2.61. The van der Waals surface area contributed by atoms with E-state index in [1.165, 1.54) is 32.1 Å². The highest BCUT2D eigenvalue weighted by Crippen LogP contribution is 2.24. The number of nitrogens with zero attached hydrogens (tertiary/aromatic N) is 1. The van der Waals surface area contributed by atoms with Crippen molar-refractivity contribution in [2.75, 3.05) is 19.8 Å². The molecule has 0 saturated carbocycles. The Kier molecular flexibility index (Phi) is 17.0. The molecule has 10 N–H and O–H groups in total. The van der Waals surface area contributed by atoms with E-state index in [-0.39, 0.29) is 0 Å². The summed E-state index contributed by atoms with van der Waals surface area (Å²) >= 11 is 0. The molecule has 0 aliphatic carbocycles. The molecule has 1 saturated heterocycles. The SMILES string of the molecule is CCCCCCCCCCNC(=O)N/N=C/[C@H](O)[C@@H](O)[C@H](O[C@H]1O[C@H](CO)[C@@H](O)[C@H](O)[C@H]1O)[C@H](O)CO. The van der Waals surface area contributed by atoms with E-state index < -0.39 is 74.4 Å². The fraction of sp³-hybridized carbons (Fsp3) is 0.913. The van der Waals surface area contributed by atoms with Crippen molar-refractivity contribution in [2.45, 2.75) is 113 Å². The summed E-state index contributed by atoms with van der Waals surface area (Å²) in [5.74, 6) is 0. The molecular formula is C23H45N3O11. The van der Waals surface area contributed by atoms with Crippen LogP contribution in [0, 0.1) is 0 Å². The highest BCUT2D eigenvalue weighted by Gasteiger charge is 2.46. The molecule has 1 rings (SSSR count). The van der Waals surface area contributed by atoms with Crippen LogP contribution in [-0.2, 0) is 9.47 Å². The van der Waals surface area contributed by atoms with Crippen LogP contribution in [0.15, 0.2) is 5.10 Å². The molecule has 0 aromatic carbocycles. The summed E-state index contributed by atoms with van der Waals surface area (Å²) in [5, 5.41) is 85.2. The normalized spacial score (nSPS) is 27.5. The monoisotopic (exact) mass is 539 g/mol. The Bertz CT molecular complexity index is 643. The molecule has 1 aliphatic rings. The number of unbranched alkanes of at least 4 members (excludes halogenated alkanes) is 7. The van der Waals surface area contributed by atoms with Crippen molar-refractivity contribution >= 4 is 12.2 Å². The van der Waals surface area contributed by atoms with Crippen LogP contribution in [0.1, 0.15) is 58.3 Å². The second kappa shape index (κ2) is 18.7.